The highest BCUT2D eigenvalue weighted by molar-refractivity contribution is 5.94. The van der Waals surface area contributed by atoms with Crippen molar-refractivity contribution in [1.82, 2.24) is 0 Å². The van der Waals surface area contributed by atoms with Gasteiger partial charge in [0.05, 0.1) is 0 Å². The predicted octanol–water partition coefficient (Wildman–Crippen LogP) is 2.21. The minimum atomic E-state index is -0.396. The summed E-state index contributed by atoms with van der Waals surface area (Å²) in [5, 5.41) is 11.7. The van der Waals surface area contributed by atoms with Crippen LogP contribution in [0.5, 0.6) is 0 Å². The number of rotatable bonds is 3. The molecule has 0 heterocycles. The van der Waals surface area contributed by atoms with E-state index in [2.05, 4.69) is 5.32 Å². The van der Waals surface area contributed by atoms with E-state index < -0.39 is 5.41 Å². The van der Waals surface area contributed by atoms with Crippen LogP contribution in [-0.4, -0.2) is 17.6 Å². The first-order valence-electron chi connectivity index (χ1n) is 5.45. The van der Waals surface area contributed by atoms with E-state index in [1.54, 1.807) is 0 Å². The van der Waals surface area contributed by atoms with Crippen LogP contribution in [0, 0.1) is 5.41 Å². The molecule has 88 valence electrons. The third kappa shape index (κ3) is 3.66. The topological polar surface area (TPSA) is 49.3 Å². The fourth-order valence-corrected chi connectivity index (χ4v) is 1.25. The van der Waals surface area contributed by atoms with Crippen molar-refractivity contribution < 1.29 is 9.90 Å². The zero-order chi connectivity index (χ0) is 12.2. The van der Waals surface area contributed by atoms with Crippen molar-refractivity contribution in [1.29, 1.82) is 0 Å². The first-order chi connectivity index (χ1) is 7.43. The first-order valence-corrected chi connectivity index (χ1v) is 5.45. The smallest absolute Gasteiger partial charge is 0.229 e. The molecule has 0 spiro atoms. The van der Waals surface area contributed by atoms with Gasteiger partial charge >= 0.3 is 0 Å². The Morgan fingerprint density at radius 2 is 2.06 bits per heavy atom. The van der Waals surface area contributed by atoms with Crippen LogP contribution < -0.4 is 5.32 Å². The highest BCUT2D eigenvalue weighted by Gasteiger charge is 2.20. The highest BCUT2D eigenvalue weighted by atomic mass is 16.2. The molecule has 1 aromatic carbocycles. The van der Waals surface area contributed by atoms with Crippen molar-refractivity contribution in [3.8, 4) is 0 Å². The molecule has 3 nitrogen and oxygen atoms in total. The summed E-state index contributed by atoms with van der Waals surface area (Å²) in [6.45, 7) is 5.75. The second kappa shape index (κ2) is 5.12. The minimum absolute atomic E-state index is 0.00588. The second-order valence-corrected chi connectivity index (χ2v) is 4.88. The standard InChI is InChI=1S/C13H19NO2/c1-13(2,3)12(16)14-11-6-4-5-10(9-11)7-8-15/h4-6,9,15H,7-8H2,1-3H3,(H,14,16). The van der Waals surface area contributed by atoms with Crippen LogP contribution in [0.1, 0.15) is 26.3 Å². The van der Waals surface area contributed by atoms with E-state index in [-0.39, 0.29) is 12.5 Å². The molecular weight excluding hydrogens is 202 g/mol. The molecule has 1 aromatic rings. The zero-order valence-corrected chi connectivity index (χ0v) is 10.1. The maximum absolute atomic E-state index is 11.7. The Bertz CT molecular complexity index is 366. The Morgan fingerprint density at radius 3 is 2.62 bits per heavy atom. The summed E-state index contributed by atoms with van der Waals surface area (Å²) >= 11 is 0. The van der Waals surface area contributed by atoms with Crippen LogP contribution in [0.15, 0.2) is 24.3 Å². The molecule has 0 fully saturated rings. The van der Waals surface area contributed by atoms with Gasteiger partial charge in [-0.1, -0.05) is 32.9 Å². The van der Waals surface area contributed by atoms with Gasteiger partial charge < -0.3 is 10.4 Å². The van der Waals surface area contributed by atoms with E-state index in [9.17, 15) is 4.79 Å². The van der Waals surface area contributed by atoms with Crippen LogP contribution in [0.3, 0.4) is 0 Å². The number of aliphatic hydroxyl groups is 1. The van der Waals surface area contributed by atoms with Crippen LogP contribution in [0.4, 0.5) is 5.69 Å². The Balaban J connectivity index is 2.74. The van der Waals surface area contributed by atoms with E-state index in [0.717, 1.165) is 11.3 Å². The Labute approximate surface area is 96.5 Å². The Morgan fingerprint density at radius 1 is 1.38 bits per heavy atom. The second-order valence-electron chi connectivity index (χ2n) is 4.88. The molecular formula is C13H19NO2. The summed E-state index contributed by atoms with van der Waals surface area (Å²) < 4.78 is 0. The third-order valence-corrected chi connectivity index (χ3v) is 2.27. The first kappa shape index (κ1) is 12.7. The Hall–Kier alpha value is -1.35. The van der Waals surface area contributed by atoms with Gasteiger partial charge in [-0.2, -0.15) is 0 Å². The number of hydrogen-bond acceptors (Lipinski definition) is 2. The lowest BCUT2D eigenvalue weighted by atomic mass is 9.95. The van der Waals surface area contributed by atoms with Crippen LogP contribution >= 0.6 is 0 Å². The van der Waals surface area contributed by atoms with Gasteiger partial charge in [0.1, 0.15) is 0 Å². The summed E-state index contributed by atoms with van der Waals surface area (Å²) in [5.74, 6) is -0.00588. The van der Waals surface area contributed by atoms with Crippen molar-refractivity contribution in [2.45, 2.75) is 27.2 Å². The summed E-state index contributed by atoms with van der Waals surface area (Å²) in [6.07, 6.45) is 0.610. The summed E-state index contributed by atoms with van der Waals surface area (Å²) in [4.78, 5) is 11.7. The number of hydrogen-bond donors (Lipinski definition) is 2. The molecule has 1 amide bonds. The van der Waals surface area contributed by atoms with E-state index in [1.807, 2.05) is 45.0 Å². The van der Waals surface area contributed by atoms with E-state index in [1.165, 1.54) is 0 Å². The van der Waals surface area contributed by atoms with Crippen LogP contribution in [0.2, 0.25) is 0 Å². The maximum atomic E-state index is 11.7. The van der Waals surface area contributed by atoms with Crippen molar-refractivity contribution in [2.75, 3.05) is 11.9 Å². The number of nitrogens with one attached hydrogen (secondary N) is 1. The molecule has 0 radical (unpaired) electrons. The van der Waals surface area contributed by atoms with Gasteiger partial charge in [0.25, 0.3) is 0 Å². The molecule has 0 aromatic heterocycles. The summed E-state index contributed by atoms with van der Waals surface area (Å²) in [6, 6.07) is 7.55. The van der Waals surface area contributed by atoms with Gasteiger partial charge in [-0.3, -0.25) is 4.79 Å². The molecule has 0 aliphatic rings. The van der Waals surface area contributed by atoms with Crippen LogP contribution in [-0.2, 0) is 11.2 Å². The van der Waals surface area contributed by atoms with Gasteiger partial charge in [-0.15, -0.1) is 0 Å². The van der Waals surface area contributed by atoms with Gasteiger partial charge in [-0.05, 0) is 24.1 Å². The molecule has 0 aliphatic heterocycles. The molecule has 0 bridgehead atoms. The van der Waals surface area contributed by atoms with Gasteiger partial charge in [0.2, 0.25) is 5.91 Å². The molecule has 0 atom stereocenters. The number of amides is 1. The van der Waals surface area contributed by atoms with E-state index in [4.69, 9.17) is 5.11 Å². The normalized spacial score (nSPS) is 11.2. The molecule has 2 N–H and O–H groups in total. The van der Waals surface area contributed by atoms with Crippen LogP contribution in [0.25, 0.3) is 0 Å². The predicted molar refractivity (Wildman–Crippen MR) is 65.3 cm³/mol. The lowest BCUT2D eigenvalue weighted by Crippen LogP contribution is -2.27. The van der Waals surface area contributed by atoms with Gasteiger partial charge in [-0.25, -0.2) is 0 Å². The van der Waals surface area contributed by atoms with Gasteiger partial charge in [0.15, 0.2) is 0 Å². The SMILES string of the molecule is CC(C)(C)C(=O)Nc1cccc(CCO)c1. The molecule has 0 unspecified atom stereocenters. The fraction of sp³-hybridized carbons (Fsp3) is 0.462. The zero-order valence-electron chi connectivity index (χ0n) is 10.1. The summed E-state index contributed by atoms with van der Waals surface area (Å²) in [7, 11) is 0. The average molecular weight is 221 g/mol. The van der Waals surface area contributed by atoms with E-state index >= 15 is 0 Å². The molecule has 0 saturated carbocycles. The Kier molecular flexibility index (Phi) is 4.07. The van der Waals surface area contributed by atoms with Crippen molar-refractivity contribution in [3.05, 3.63) is 29.8 Å². The molecule has 16 heavy (non-hydrogen) atoms. The lowest BCUT2D eigenvalue weighted by Gasteiger charge is -2.17. The number of carbonyl (C=O) groups excluding carboxylic acids is 1. The monoisotopic (exact) mass is 221 g/mol. The summed E-state index contributed by atoms with van der Waals surface area (Å²) in [5.41, 5.74) is 1.41. The molecule has 0 saturated heterocycles. The fourth-order valence-electron chi connectivity index (χ4n) is 1.25. The average Bonchev–Trinajstić information content (AvgIpc) is 2.17. The van der Waals surface area contributed by atoms with Crippen molar-refractivity contribution >= 4 is 11.6 Å². The maximum Gasteiger partial charge on any atom is 0.229 e. The third-order valence-electron chi connectivity index (χ3n) is 2.27. The lowest BCUT2D eigenvalue weighted by molar-refractivity contribution is -0.123. The molecule has 1 rings (SSSR count). The highest BCUT2D eigenvalue weighted by Crippen LogP contribution is 2.18. The van der Waals surface area contributed by atoms with Crippen molar-refractivity contribution in [3.63, 3.8) is 0 Å². The molecule has 0 aliphatic carbocycles. The quantitative estimate of drug-likeness (QED) is 0.822. The number of anilines is 1. The largest absolute Gasteiger partial charge is 0.396 e. The minimum Gasteiger partial charge on any atom is -0.396 e. The van der Waals surface area contributed by atoms with Gasteiger partial charge in [0, 0.05) is 17.7 Å². The molecule has 3 heteroatoms. The number of carbonyl (C=O) groups is 1. The number of aliphatic hydroxyl groups excluding tert-OH is 1. The van der Waals surface area contributed by atoms with E-state index in [0.29, 0.717) is 6.42 Å². The number of benzene rings is 1. The van der Waals surface area contributed by atoms with Crippen molar-refractivity contribution in [2.24, 2.45) is 5.41 Å².